The van der Waals surface area contributed by atoms with Crippen molar-refractivity contribution in [3.05, 3.63) is 23.8 Å². The van der Waals surface area contributed by atoms with Crippen LogP contribution in [-0.2, 0) is 0 Å². The molecule has 0 spiro atoms. The first-order valence-corrected chi connectivity index (χ1v) is 5.09. The lowest BCUT2D eigenvalue weighted by molar-refractivity contribution is 0.354. The van der Waals surface area contributed by atoms with Gasteiger partial charge in [0.2, 0.25) is 0 Å². The zero-order chi connectivity index (χ0) is 11.3. The molecule has 3 nitrogen and oxygen atoms in total. The Morgan fingerprint density at radius 1 is 1.20 bits per heavy atom. The molecule has 0 aromatic heterocycles. The molecule has 0 saturated carbocycles. The van der Waals surface area contributed by atoms with Crippen molar-refractivity contribution in [3.8, 4) is 11.5 Å². The van der Waals surface area contributed by atoms with Gasteiger partial charge in [-0.05, 0) is 30.7 Å². The third-order valence-electron chi connectivity index (χ3n) is 2.49. The Kier molecular flexibility index (Phi) is 4.43. The van der Waals surface area contributed by atoms with E-state index in [-0.39, 0.29) is 0 Å². The normalized spacial score (nSPS) is 12.3. The molecule has 0 heterocycles. The van der Waals surface area contributed by atoms with Crippen LogP contribution < -0.4 is 14.8 Å². The molecular weight excluding hydrogens is 190 g/mol. The molecule has 0 aliphatic carbocycles. The summed E-state index contributed by atoms with van der Waals surface area (Å²) >= 11 is 0. The van der Waals surface area contributed by atoms with Crippen molar-refractivity contribution in [1.82, 2.24) is 5.32 Å². The number of likely N-dealkylation sites (N-methyl/N-ethyl adjacent to an activating group) is 1. The standard InChI is InChI=1S/C12H19NO2/c1-9(8-13-2)10-5-6-11(14-3)12(7-10)15-4/h5-7,9,13H,8H2,1-4H3/t9-/m0/s1. The number of rotatable bonds is 5. The first kappa shape index (κ1) is 11.9. The lowest BCUT2D eigenvalue weighted by Gasteiger charge is -2.14. The van der Waals surface area contributed by atoms with Crippen LogP contribution in [0.1, 0.15) is 18.4 Å². The molecule has 84 valence electrons. The largest absolute Gasteiger partial charge is 0.493 e. The molecule has 0 unspecified atom stereocenters. The van der Waals surface area contributed by atoms with Gasteiger partial charge in [-0.1, -0.05) is 13.0 Å². The van der Waals surface area contributed by atoms with Crippen molar-refractivity contribution in [2.75, 3.05) is 27.8 Å². The van der Waals surface area contributed by atoms with E-state index in [0.717, 1.165) is 18.0 Å². The second-order valence-electron chi connectivity index (χ2n) is 3.57. The van der Waals surface area contributed by atoms with Crippen LogP contribution in [0.25, 0.3) is 0 Å². The molecule has 0 aliphatic rings. The Hall–Kier alpha value is -1.22. The van der Waals surface area contributed by atoms with Gasteiger partial charge in [0.15, 0.2) is 11.5 Å². The summed E-state index contributed by atoms with van der Waals surface area (Å²) in [6, 6.07) is 6.05. The van der Waals surface area contributed by atoms with Crippen LogP contribution >= 0.6 is 0 Å². The molecule has 1 N–H and O–H groups in total. The maximum absolute atomic E-state index is 5.26. The summed E-state index contributed by atoms with van der Waals surface area (Å²) in [5.74, 6) is 2.03. The van der Waals surface area contributed by atoms with E-state index < -0.39 is 0 Å². The number of hydrogen-bond donors (Lipinski definition) is 1. The van der Waals surface area contributed by atoms with Gasteiger partial charge in [-0.15, -0.1) is 0 Å². The summed E-state index contributed by atoms with van der Waals surface area (Å²) in [5, 5.41) is 3.16. The number of ether oxygens (including phenoxy) is 2. The van der Waals surface area contributed by atoms with Crippen molar-refractivity contribution in [2.24, 2.45) is 0 Å². The van der Waals surface area contributed by atoms with Gasteiger partial charge in [-0.3, -0.25) is 0 Å². The van der Waals surface area contributed by atoms with E-state index in [2.05, 4.69) is 18.3 Å². The number of hydrogen-bond acceptors (Lipinski definition) is 3. The minimum absolute atomic E-state index is 0.467. The third-order valence-corrected chi connectivity index (χ3v) is 2.49. The van der Waals surface area contributed by atoms with Crippen molar-refractivity contribution in [2.45, 2.75) is 12.8 Å². The highest BCUT2D eigenvalue weighted by Crippen LogP contribution is 2.30. The monoisotopic (exact) mass is 209 g/mol. The Morgan fingerprint density at radius 2 is 1.87 bits per heavy atom. The first-order valence-electron chi connectivity index (χ1n) is 5.09. The first-order chi connectivity index (χ1) is 7.22. The molecule has 0 fully saturated rings. The van der Waals surface area contributed by atoms with E-state index >= 15 is 0 Å². The maximum Gasteiger partial charge on any atom is 0.160 e. The van der Waals surface area contributed by atoms with Gasteiger partial charge in [-0.2, -0.15) is 0 Å². The van der Waals surface area contributed by atoms with Crippen LogP contribution in [0.15, 0.2) is 18.2 Å². The molecule has 1 aromatic rings. The lowest BCUT2D eigenvalue weighted by Crippen LogP contribution is -2.14. The number of nitrogens with one attached hydrogen (secondary N) is 1. The van der Waals surface area contributed by atoms with Gasteiger partial charge in [-0.25, -0.2) is 0 Å². The predicted molar refractivity (Wildman–Crippen MR) is 61.9 cm³/mol. The van der Waals surface area contributed by atoms with E-state index in [9.17, 15) is 0 Å². The molecule has 0 amide bonds. The average molecular weight is 209 g/mol. The van der Waals surface area contributed by atoms with E-state index in [1.807, 2.05) is 19.2 Å². The summed E-state index contributed by atoms with van der Waals surface area (Å²) in [5.41, 5.74) is 1.25. The van der Waals surface area contributed by atoms with Crippen LogP contribution in [-0.4, -0.2) is 27.8 Å². The van der Waals surface area contributed by atoms with Crippen molar-refractivity contribution in [3.63, 3.8) is 0 Å². The third kappa shape index (κ3) is 2.86. The van der Waals surface area contributed by atoms with Crippen LogP contribution in [0.2, 0.25) is 0 Å². The Balaban J connectivity index is 2.92. The van der Waals surface area contributed by atoms with Crippen LogP contribution in [0.3, 0.4) is 0 Å². The smallest absolute Gasteiger partial charge is 0.160 e. The molecule has 3 heteroatoms. The van der Waals surface area contributed by atoms with Crippen molar-refractivity contribution in [1.29, 1.82) is 0 Å². The predicted octanol–water partition coefficient (Wildman–Crippen LogP) is 2.03. The zero-order valence-corrected chi connectivity index (χ0v) is 9.83. The Morgan fingerprint density at radius 3 is 2.40 bits per heavy atom. The summed E-state index contributed by atoms with van der Waals surface area (Å²) < 4.78 is 10.5. The van der Waals surface area contributed by atoms with Gasteiger partial charge in [0.05, 0.1) is 14.2 Å². The molecule has 15 heavy (non-hydrogen) atoms. The Labute approximate surface area is 91.4 Å². The average Bonchev–Trinajstić information content (AvgIpc) is 2.28. The number of methoxy groups -OCH3 is 2. The van der Waals surface area contributed by atoms with E-state index in [1.165, 1.54) is 5.56 Å². The molecule has 1 rings (SSSR count). The van der Waals surface area contributed by atoms with Crippen LogP contribution in [0.4, 0.5) is 0 Å². The fourth-order valence-electron chi connectivity index (χ4n) is 1.58. The summed E-state index contributed by atoms with van der Waals surface area (Å²) in [7, 11) is 5.26. The highest BCUT2D eigenvalue weighted by molar-refractivity contribution is 5.43. The molecular formula is C12H19NO2. The SMILES string of the molecule is CNC[C@H](C)c1ccc(OC)c(OC)c1. The summed E-state index contributed by atoms with van der Waals surface area (Å²) in [6.45, 7) is 3.13. The fraction of sp³-hybridized carbons (Fsp3) is 0.500. The molecule has 1 aromatic carbocycles. The van der Waals surface area contributed by atoms with Gasteiger partial charge in [0, 0.05) is 6.54 Å². The van der Waals surface area contributed by atoms with Gasteiger partial charge >= 0.3 is 0 Å². The highest BCUT2D eigenvalue weighted by Gasteiger charge is 2.09. The lowest BCUT2D eigenvalue weighted by atomic mass is 10.0. The summed E-state index contributed by atoms with van der Waals surface area (Å²) in [4.78, 5) is 0. The molecule has 0 aliphatic heterocycles. The van der Waals surface area contributed by atoms with Crippen LogP contribution in [0, 0.1) is 0 Å². The molecule has 0 radical (unpaired) electrons. The zero-order valence-electron chi connectivity index (χ0n) is 9.83. The minimum atomic E-state index is 0.467. The van der Waals surface area contributed by atoms with E-state index in [4.69, 9.17) is 9.47 Å². The number of benzene rings is 1. The quantitative estimate of drug-likeness (QED) is 0.805. The second kappa shape index (κ2) is 5.61. The van der Waals surface area contributed by atoms with Crippen molar-refractivity contribution < 1.29 is 9.47 Å². The topological polar surface area (TPSA) is 30.5 Å². The second-order valence-corrected chi connectivity index (χ2v) is 3.57. The van der Waals surface area contributed by atoms with Gasteiger partial charge in [0.25, 0.3) is 0 Å². The highest BCUT2D eigenvalue weighted by atomic mass is 16.5. The fourth-order valence-corrected chi connectivity index (χ4v) is 1.58. The molecule has 0 bridgehead atoms. The van der Waals surface area contributed by atoms with Gasteiger partial charge < -0.3 is 14.8 Å². The molecule has 1 atom stereocenters. The Bertz CT molecular complexity index is 312. The van der Waals surface area contributed by atoms with E-state index in [1.54, 1.807) is 14.2 Å². The maximum atomic E-state index is 5.26. The van der Waals surface area contributed by atoms with Gasteiger partial charge in [0.1, 0.15) is 0 Å². The van der Waals surface area contributed by atoms with Crippen LogP contribution in [0.5, 0.6) is 11.5 Å². The molecule has 0 saturated heterocycles. The van der Waals surface area contributed by atoms with E-state index in [0.29, 0.717) is 5.92 Å². The summed E-state index contributed by atoms with van der Waals surface area (Å²) in [6.07, 6.45) is 0. The van der Waals surface area contributed by atoms with Crippen molar-refractivity contribution >= 4 is 0 Å². The minimum Gasteiger partial charge on any atom is -0.493 e.